The molecule has 24 heavy (non-hydrogen) atoms. The first-order valence-electron chi connectivity index (χ1n) is 8.86. The number of H-pyrrole nitrogens is 1. The molecule has 0 unspecified atom stereocenters. The van der Waals surface area contributed by atoms with Gasteiger partial charge in [0.25, 0.3) is 0 Å². The second-order valence-electron chi connectivity index (χ2n) is 7.08. The monoisotopic (exact) mass is 335 g/mol. The van der Waals surface area contributed by atoms with E-state index in [0.717, 1.165) is 64.5 Å². The van der Waals surface area contributed by atoms with Gasteiger partial charge in [-0.05, 0) is 12.8 Å². The topological polar surface area (TPSA) is 64.7 Å². The average molecular weight is 335 g/mol. The predicted molar refractivity (Wildman–Crippen MR) is 91.5 cm³/mol. The van der Waals surface area contributed by atoms with Crippen LogP contribution in [-0.2, 0) is 16.1 Å². The first kappa shape index (κ1) is 17.4. The minimum absolute atomic E-state index is 0.0215. The van der Waals surface area contributed by atoms with Gasteiger partial charge >= 0.3 is 0 Å². The Bertz CT molecular complexity index is 513. The molecule has 0 radical (unpaired) electrons. The summed E-state index contributed by atoms with van der Waals surface area (Å²) in [4.78, 5) is 26.5. The van der Waals surface area contributed by atoms with E-state index < -0.39 is 0 Å². The van der Waals surface area contributed by atoms with Crippen molar-refractivity contribution in [1.29, 1.82) is 0 Å². The van der Waals surface area contributed by atoms with Gasteiger partial charge in [-0.15, -0.1) is 0 Å². The van der Waals surface area contributed by atoms with Crippen molar-refractivity contribution in [3.8, 4) is 0 Å². The number of aromatic amines is 1. The van der Waals surface area contributed by atoms with Crippen molar-refractivity contribution in [2.45, 2.75) is 25.4 Å². The first-order valence-corrected chi connectivity index (χ1v) is 8.86. The molecule has 1 aromatic heterocycles. The highest BCUT2D eigenvalue weighted by Crippen LogP contribution is 2.20. The summed E-state index contributed by atoms with van der Waals surface area (Å²) in [5.41, 5.74) is 1.10. The highest BCUT2D eigenvalue weighted by molar-refractivity contribution is 5.78. The molecule has 0 aromatic carbocycles. The van der Waals surface area contributed by atoms with Crippen LogP contribution in [0.2, 0.25) is 0 Å². The van der Waals surface area contributed by atoms with Crippen molar-refractivity contribution >= 4 is 5.91 Å². The maximum atomic E-state index is 12.7. The molecule has 2 saturated heterocycles. The summed E-state index contributed by atoms with van der Waals surface area (Å²) >= 11 is 0. The van der Waals surface area contributed by atoms with Gasteiger partial charge in [0, 0.05) is 78.0 Å². The number of carbonyl (C=O) groups excluding carboxylic acids is 1. The van der Waals surface area contributed by atoms with Crippen LogP contribution in [0.3, 0.4) is 0 Å². The quantitative estimate of drug-likeness (QED) is 0.863. The van der Waals surface area contributed by atoms with Crippen molar-refractivity contribution in [2.24, 2.45) is 5.92 Å². The molecule has 0 bridgehead atoms. The van der Waals surface area contributed by atoms with Gasteiger partial charge in [0.1, 0.15) is 0 Å². The molecule has 3 rings (SSSR count). The molecular weight excluding hydrogens is 306 g/mol. The third-order valence-corrected chi connectivity index (χ3v) is 5.08. The second-order valence-corrected chi connectivity index (χ2v) is 7.08. The van der Waals surface area contributed by atoms with E-state index in [1.807, 2.05) is 20.3 Å². The fraction of sp³-hybridized carbons (Fsp3) is 0.765. The zero-order chi connectivity index (χ0) is 16.9. The number of carbonyl (C=O) groups is 1. The smallest absolute Gasteiger partial charge is 0.227 e. The fourth-order valence-electron chi connectivity index (χ4n) is 3.76. The van der Waals surface area contributed by atoms with E-state index in [1.54, 1.807) is 11.2 Å². The summed E-state index contributed by atoms with van der Waals surface area (Å²) in [6.07, 6.45) is 5.72. The molecule has 7 heteroatoms. The van der Waals surface area contributed by atoms with E-state index in [-0.39, 0.29) is 11.8 Å². The number of imidazole rings is 1. The van der Waals surface area contributed by atoms with Gasteiger partial charge in [0.05, 0.1) is 12.2 Å². The van der Waals surface area contributed by atoms with Crippen LogP contribution in [0.25, 0.3) is 0 Å². The van der Waals surface area contributed by atoms with E-state index in [2.05, 4.69) is 19.8 Å². The number of ether oxygens (including phenoxy) is 1. The number of hydrogen-bond donors (Lipinski definition) is 1. The molecule has 7 nitrogen and oxygen atoms in total. The zero-order valence-corrected chi connectivity index (χ0v) is 14.8. The van der Waals surface area contributed by atoms with E-state index in [0.29, 0.717) is 6.04 Å². The Balaban J connectivity index is 1.70. The largest absolute Gasteiger partial charge is 0.381 e. The lowest BCUT2D eigenvalue weighted by Gasteiger charge is -2.34. The van der Waals surface area contributed by atoms with E-state index in [1.165, 1.54) is 0 Å². The van der Waals surface area contributed by atoms with Gasteiger partial charge in [0.2, 0.25) is 5.91 Å². The van der Waals surface area contributed by atoms with E-state index in [9.17, 15) is 4.79 Å². The maximum Gasteiger partial charge on any atom is 0.227 e. The summed E-state index contributed by atoms with van der Waals surface area (Å²) in [5.74, 6) is 0.247. The predicted octanol–water partition coefficient (Wildman–Crippen LogP) is 0.411. The number of nitrogens with zero attached hydrogens (tertiary/aromatic N) is 4. The van der Waals surface area contributed by atoms with Crippen molar-refractivity contribution in [2.75, 3.05) is 53.5 Å². The second kappa shape index (κ2) is 8.09. The number of rotatable bonds is 4. The summed E-state index contributed by atoms with van der Waals surface area (Å²) in [6.45, 7) is 6.13. The third-order valence-electron chi connectivity index (χ3n) is 5.08. The SMILES string of the molecule is CN(C)C(=O)[C@H]1CN(Cc2cnc[nH]2)CCN(C2CCOCC2)C1. The lowest BCUT2D eigenvalue weighted by atomic mass is 10.0. The van der Waals surface area contributed by atoms with Gasteiger partial charge in [0.15, 0.2) is 0 Å². The standard InChI is InChI=1S/C17H29N5O2/c1-20(2)17(23)14-10-21(12-15-9-18-13-19-15)5-6-22(11-14)16-3-7-24-8-4-16/h9,13-14,16H,3-8,10-12H2,1-2H3,(H,18,19)/t14-/m0/s1. The van der Waals surface area contributed by atoms with Crippen LogP contribution in [-0.4, -0.2) is 90.1 Å². The number of amides is 1. The molecule has 2 aliphatic heterocycles. The minimum Gasteiger partial charge on any atom is -0.381 e. The van der Waals surface area contributed by atoms with Crippen molar-refractivity contribution in [3.63, 3.8) is 0 Å². The highest BCUT2D eigenvalue weighted by Gasteiger charge is 2.32. The molecular formula is C17H29N5O2. The molecule has 1 aromatic rings. The van der Waals surface area contributed by atoms with Crippen molar-refractivity contribution in [3.05, 3.63) is 18.2 Å². The van der Waals surface area contributed by atoms with Crippen LogP contribution in [0.15, 0.2) is 12.5 Å². The van der Waals surface area contributed by atoms with E-state index in [4.69, 9.17) is 4.74 Å². The molecule has 2 fully saturated rings. The maximum absolute atomic E-state index is 12.7. The molecule has 2 aliphatic rings. The molecule has 0 spiro atoms. The third kappa shape index (κ3) is 4.34. The fourth-order valence-corrected chi connectivity index (χ4v) is 3.76. The Hall–Kier alpha value is -1.44. The minimum atomic E-state index is 0.0215. The summed E-state index contributed by atoms with van der Waals surface area (Å²) in [7, 11) is 3.70. The average Bonchev–Trinajstić information content (AvgIpc) is 3.00. The number of aromatic nitrogens is 2. The Morgan fingerprint density at radius 2 is 2.12 bits per heavy atom. The lowest BCUT2D eigenvalue weighted by molar-refractivity contribution is -0.134. The Morgan fingerprint density at radius 1 is 1.33 bits per heavy atom. The molecule has 1 amide bonds. The Morgan fingerprint density at radius 3 is 2.79 bits per heavy atom. The van der Waals surface area contributed by atoms with Crippen LogP contribution in [0.4, 0.5) is 0 Å². The van der Waals surface area contributed by atoms with Gasteiger partial charge < -0.3 is 14.6 Å². The van der Waals surface area contributed by atoms with Crippen LogP contribution >= 0.6 is 0 Å². The summed E-state index contributed by atoms with van der Waals surface area (Å²) in [6, 6.07) is 0.545. The van der Waals surface area contributed by atoms with Crippen LogP contribution < -0.4 is 0 Å². The van der Waals surface area contributed by atoms with E-state index >= 15 is 0 Å². The van der Waals surface area contributed by atoms with Crippen LogP contribution in [0.1, 0.15) is 18.5 Å². The Labute approximate surface area is 144 Å². The zero-order valence-electron chi connectivity index (χ0n) is 14.8. The molecule has 1 N–H and O–H groups in total. The molecule has 134 valence electrons. The van der Waals surface area contributed by atoms with Gasteiger partial charge in [-0.1, -0.05) is 0 Å². The molecule has 1 atom stereocenters. The highest BCUT2D eigenvalue weighted by atomic mass is 16.5. The normalized spacial score (nSPS) is 24.7. The van der Waals surface area contributed by atoms with Crippen LogP contribution in [0, 0.1) is 5.92 Å². The molecule has 3 heterocycles. The Kier molecular flexibility index (Phi) is 5.86. The van der Waals surface area contributed by atoms with Crippen molar-refractivity contribution in [1.82, 2.24) is 24.7 Å². The summed E-state index contributed by atoms with van der Waals surface area (Å²) < 4.78 is 5.50. The van der Waals surface area contributed by atoms with Gasteiger partial charge in [-0.3, -0.25) is 14.6 Å². The van der Waals surface area contributed by atoms with Gasteiger partial charge in [-0.2, -0.15) is 0 Å². The van der Waals surface area contributed by atoms with Crippen LogP contribution in [0.5, 0.6) is 0 Å². The first-order chi connectivity index (χ1) is 11.6. The lowest BCUT2D eigenvalue weighted by Crippen LogP contribution is -2.45. The molecule has 0 saturated carbocycles. The molecule has 0 aliphatic carbocycles. The number of hydrogen-bond acceptors (Lipinski definition) is 5. The summed E-state index contributed by atoms with van der Waals surface area (Å²) in [5, 5.41) is 0. The number of nitrogens with one attached hydrogen (secondary N) is 1. The van der Waals surface area contributed by atoms with Gasteiger partial charge in [-0.25, -0.2) is 4.98 Å². The van der Waals surface area contributed by atoms with Crippen molar-refractivity contribution < 1.29 is 9.53 Å².